The topological polar surface area (TPSA) is 89.5 Å². The third-order valence-corrected chi connectivity index (χ3v) is 3.59. The van der Waals surface area contributed by atoms with E-state index in [1.807, 2.05) is 13.8 Å². The fourth-order valence-electron chi connectivity index (χ4n) is 2.67. The zero-order valence-electron chi connectivity index (χ0n) is 11.3. The lowest BCUT2D eigenvalue weighted by molar-refractivity contribution is -0.384. The largest absolute Gasteiger partial charge is 0.393 e. The van der Waals surface area contributed by atoms with Gasteiger partial charge in [-0.25, -0.2) is 4.39 Å². The summed E-state index contributed by atoms with van der Waals surface area (Å²) in [5.74, 6) is -0.949. The van der Waals surface area contributed by atoms with Crippen molar-refractivity contribution in [2.75, 3.05) is 12.3 Å². The molecule has 0 saturated carbocycles. The first-order valence-electron chi connectivity index (χ1n) is 6.35. The molecule has 2 rings (SSSR count). The van der Waals surface area contributed by atoms with E-state index in [0.29, 0.717) is 12.5 Å². The molecule has 7 heteroatoms. The van der Waals surface area contributed by atoms with Gasteiger partial charge < -0.3 is 10.6 Å². The third-order valence-electron chi connectivity index (χ3n) is 3.59. The lowest BCUT2D eigenvalue weighted by Gasteiger charge is -2.22. The molecular formula is C13H16FN3O3. The fraction of sp³-hybridized carbons (Fsp3) is 0.462. The predicted molar refractivity (Wildman–Crippen MR) is 71.7 cm³/mol. The smallest absolute Gasteiger partial charge is 0.295 e. The van der Waals surface area contributed by atoms with Gasteiger partial charge in [-0.1, -0.05) is 6.92 Å². The average Bonchev–Trinajstić information content (AvgIpc) is 2.69. The highest BCUT2D eigenvalue weighted by atomic mass is 19.1. The highest BCUT2D eigenvalue weighted by Gasteiger charge is 2.33. The zero-order valence-corrected chi connectivity index (χ0v) is 11.3. The van der Waals surface area contributed by atoms with Crippen LogP contribution in [-0.2, 0) is 0 Å². The molecule has 1 aliphatic heterocycles. The Kier molecular flexibility index (Phi) is 3.61. The molecule has 0 bridgehead atoms. The molecule has 1 amide bonds. The Morgan fingerprint density at radius 2 is 2.15 bits per heavy atom. The second-order valence-corrected chi connectivity index (χ2v) is 5.29. The molecule has 2 N–H and O–H groups in total. The van der Waals surface area contributed by atoms with Gasteiger partial charge in [0.25, 0.3) is 11.6 Å². The molecule has 0 aliphatic carbocycles. The number of nitrogens with two attached hydrogens (primary N) is 1. The quantitative estimate of drug-likeness (QED) is 0.511. The van der Waals surface area contributed by atoms with Crippen molar-refractivity contribution in [2.45, 2.75) is 26.3 Å². The molecule has 1 aliphatic rings. The Morgan fingerprint density at radius 3 is 2.65 bits per heavy atom. The summed E-state index contributed by atoms with van der Waals surface area (Å²) in [6.07, 6.45) is 0.850. The SMILES string of the molecule is CC1CC(C)N(C(=O)c2cc(F)cc([N+](=O)[O-])c2N)C1. The average molecular weight is 281 g/mol. The van der Waals surface area contributed by atoms with Crippen LogP contribution >= 0.6 is 0 Å². The number of anilines is 1. The number of amides is 1. The highest BCUT2D eigenvalue weighted by Crippen LogP contribution is 2.30. The lowest BCUT2D eigenvalue weighted by atomic mass is 10.1. The number of nitrogens with zero attached hydrogens (tertiary/aromatic N) is 2. The highest BCUT2D eigenvalue weighted by molar-refractivity contribution is 6.01. The van der Waals surface area contributed by atoms with E-state index in [1.165, 1.54) is 0 Å². The Hall–Kier alpha value is -2.18. The maximum Gasteiger partial charge on any atom is 0.295 e. The van der Waals surface area contributed by atoms with Crippen molar-refractivity contribution in [1.82, 2.24) is 4.90 Å². The Bertz CT molecular complexity index is 576. The number of carbonyl (C=O) groups excluding carboxylic acids is 1. The van der Waals surface area contributed by atoms with Crippen molar-refractivity contribution >= 4 is 17.3 Å². The lowest BCUT2D eigenvalue weighted by Crippen LogP contribution is -2.34. The van der Waals surface area contributed by atoms with Crippen molar-refractivity contribution in [3.05, 3.63) is 33.6 Å². The summed E-state index contributed by atoms with van der Waals surface area (Å²) in [6, 6.07) is 1.70. The normalized spacial score (nSPS) is 22.1. The molecule has 108 valence electrons. The number of nitro groups is 1. The fourth-order valence-corrected chi connectivity index (χ4v) is 2.67. The number of hydrogen-bond acceptors (Lipinski definition) is 4. The molecule has 1 saturated heterocycles. The first-order valence-corrected chi connectivity index (χ1v) is 6.35. The maximum absolute atomic E-state index is 13.5. The molecule has 1 aromatic carbocycles. The third kappa shape index (κ3) is 2.43. The number of likely N-dealkylation sites (tertiary alicyclic amines) is 1. The van der Waals surface area contributed by atoms with Crippen molar-refractivity contribution in [1.29, 1.82) is 0 Å². The molecule has 0 aromatic heterocycles. The minimum absolute atomic E-state index is 0.0132. The van der Waals surface area contributed by atoms with E-state index in [0.717, 1.165) is 18.6 Å². The summed E-state index contributed by atoms with van der Waals surface area (Å²) in [7, 11) is 0. The Morgan fingerprint density at radius 1 is 1.50 bits per heavy atom. The number of nitrogen functional groups attached to an aromatic ring is 1. The van der Waals surface area contributed by atoms with Gasteiger partial charge in [-0.3, -0.25) is 14.9 Å². The van der Waals surface area contributed by atoms with E-state index >= 15 is 0 Å². The Balaban J connectivity index is 2.42. The summed E-state index contributed by atoms with van der Waals surface area (Å²) < 4.78 is 13.5. The molecule has 0 radical (unpaired) electrons. The van der Waals surface area contributed by atoms with Crippen LogP contribution in [0.3, 0.4) is 0 Å². The molecule has 2 atom stereocenters. The molecule has 20 heavy (non-hydrogen) atoms. The van der Waals surface area contributed by atoms with Crippen LogP contribution in [-0.4, -0.2) is 28.3 Å². The number of rotatable bonds is 2. The summed E-state index contributed by atoms with van der Waals surface area (Å²) in [6.45, 7) is 4.45. The molecule has 1 heterocycles. The molecule has 1 fully saturated rings. The van der Waals surface area contributed by atoms with Gasteiger partial charge in [0.05, 0.1) is 16.6 Å². The van der Waals surface area contributed by atoms with E-state index in [2.05, 4.69) is 0 Å². The number of halogens is 1. The van der Waals surface area contributed by atoms with Crippen molar-refractivity contribution < 1.29 is 14.1 Å². The van der Waals surface area contributed by atoms with Gasteiger partial charge in [0.1, 0.15) is 11.5 Å². The summed E-state index contributed by atoms with van der Waals surface area (Å²) in [5.41, 5.74) is 4.65. The number of carbonyl (C=O) groups is 1. The van der Waals surface area contributed by atoms with E-state index in [1.54, 1.807) is 4.90 Å². The summed E-state index contributed by atoms with van der Waals surface area (Å²) in [4.78, 5) is 24.0. The molecule has 1 aromatic rings. The molecule has 6 nitrogen and oxygen atoms in total. The zero-order chi connectivity index (χ0) is 15.0. The number of nitro benzene ring substituents is 1. The van der Waals surface area contributed by atoms with E-state index in [9.17, 15) is 19.3 Å². The number of benzene rings is 1. The predicted octanol–water partition coefficient (Wildman–Crippen LogP) is 2.19. The first kappa shape index (κ1) is 14.2. The van der Waals surface area contributed by atoms with Crippen molar-refractivity contribution in [3.63, 3.8) is 0 Å². The van der Waals surface area contributed by atoms with Gasteiger partial charge in [0, 0.05) is 12.6 Å². The van der Waals surface area contributed by atoms with E-state index < -0.39 is 22.3 Å². The van der Waals surface area contributed by atoms with E-state index in [4.69, 9.17) is 5.73 Å². The monoisotopic (exact) mass is 281 g/mol. The maximum atomic E-state index is 13.5. The van der Waals surface area contributed by atoms with Gasteiger partial charge in [-0.2, -0.15) is 0 Å². The second-order valence-electron chi connectivity index (χ2n) is 5.29. The Labute approximate surface area is 115 Å². The van der Waals surface area contributed by atoms with Crippen LogP contribution < -0.4 is 5.73 Å². The summed E-state index contributed by atoms with van der Waals surface area (Å²) >= 11 is 0. The molecule has 0 spiro atoms. The summed E-state index contributed by atoms with van der Waals surface area (Å²) in [5, 5.41) is 10.8. The molecular weight excluding hydrogens is 265 g/mol. The van der Waals surface area contributed by atoms with Crippen LogP contribution in [0.5, 0.6) is 0 Å². The van der Waals surface area contributed by atoms with Gasteiger partial charge in [0.2, 0.25) is 0 Å². The first-order chi connectivity index (χ1) is 9.31. The second kappa shape index (κ2) is 5.07. The van der Waals surface area contributed by atoms with Crippen molar-refractivity contribution in [3.8, 4) is 0 Å². The van der Waals surface area contributed by atoms with Crippen LogP contribution in [0.25, 0.3) is 0 Å². The van der Waals surface area contributed by atoms with Crippen LogP contribution in [0.2, 0.25) is 0 Å². The van der Waals surface area contributed by atoms with Crippen molar-refractivity contribution in [2.24, 2.45) is 5.92 Å². The van der Waals surface area contributed by atoms with Gasteiger partial charge in [-0.05, 0) is 25.3 Å². The minimum atomic E-state index is -0.839. The molecule has 2 unspecified atom stereocenters. The minimum Gasteiger partial charge on any atom is -0.393 e. The van der Waals surface area contributed by atoms with Gasteiger partial charge >= 0.3 is 0 Å². The van der Waals surface area contributed by atoms with Gasteiger partial charge in [0.15, 0.2) is 0 Å². The number of hydrogen-bond donors (Lipinski definition) is 1. The van der Waals surface area contributed by atoms with E-state index in [-0.39, 0.29) is 17.3 Å². The van der Waals surface area contributed by atoms with Crippen LogP contribution in [0.4, 0.5) is 15.8 Å². The van der Waals surface area contributed by atoms with Gasteiger partial charge in [-0.15, -0.1) is 0 Å². The van der Waals surface area contributed by atoms with Crippen LogP contribution in [0.1, 0.15) is 30.6 Å². The standard InChI is InChI=1S/C13H16FN3O3/c1-7-3-8(2)16(6-7)13(18)10-4-9(14)5-11(12(10)15)17(19)20/h4-5,7-8H,3,6,15H2,1-2H3. The van der Waals surface area contributed by atoms with Crippen LogP contribution in [0, 0.1) is 21.8 Å². The van der Waals surface area contributed by atoms with Crippen LogP contribution in [0.15, 0.2) is 12.1 Å².